The van der Waals surface area contributed by atoms with Gasteiger partial charge in [-0.25, -0.2) is 9.59 Å². The second kappa shape index (κ2) is 4.96. The molecule has 1 heterocycles. The molecule has 1 atom stereocenters. The number of carboxylic acid groups (broad SMARTS) is 1. The summed E-state index contributed by atoms with van der Waals surface area (Å²) < 4.78 is 0. The minimum Gasteiger partial charge on any atom is -0.480 e. The summed E-state index contributed by atoms with van der Waals surface area (Å²) >= 11 is 0. The molecule has 1 aromatic heterocycles. The lowest BCUT2D eigenvalue weighted by molar-refractivity contribution is -0.140. The van der Waals surface area contributed by atoms with Crippen molar-refractivity contribution in [1.29, 1.82) is 0 Å². The molecule has 0 radical (unpaired) electrons. The lowest BCUT2D eigenvalue weighted by Crippen LogP contribution is -2.45. The van der Waals surface area contributed by atoms with E-state index in [2.05, 4.69) is 20.8 Å². The van der Waals surface area contributed by atoms with E-state index in [0.29, 0.717) is 5.69 Å². The number of carboxylic acids is 1. The number of aromatic nitrogens is 2. The number of hydrogen-bond donors (Lipinski definition) is 5. The molecule has 2 amide bonds. The Morgan fingerprint density at radius 2 is 2.33 bits per heavy atom. The van der Waals surface area contributed by atoms with Crippen molar-refractivity contribution in [3.63, 3.8) is 0 Å². The van der Waals surface area contributed by atoms with Gasteiger partial charge in [-0.3, -0.25) is 5.10 Å². The summed E-state index contributed by atoms with van der Waals surface area (Å²) in [5, 5.41) is 27.6. The number of nitrogens with zero attached hydrogens (tertiary/aromatic N) is 1. The zero-order chi connectivity index (χ0) is 11.3. The van der Waals surface area contributed by atoms with Gasteiger partial charge in [0.25, 0.3) is 0 Å². The van der Waals surface area contributed by atoms with Crippen LogP contribution in [0.4, 0.5) is 10.5 Å². The van der Waals surface area contributed by atoms with E-state index in [9.17, 15) is 9.59 Å². The van der Waals surface area contributed by atoms with E-state index in [1.807, 2.05) is 0 Å². The average Bonchev–Trinajstić information content (AvgIpc) is 2.66. The molecule has 82 valence electrons. The molecule has 8 heteroatoms. The maximum atomic E-state index is 11.1. The predicted molar refractivity (Wildman–Crippen MR) is 49.3 cm³/mol. The number of hydrogen-bond acceptors (Lipinski definition) is 4. The van der Waals surface area contributed by atoms with Crippen LogP contribution in [0.2, 0.25) is 0 Å². The van der Waals surface area contributed by atoms with Crippen molar-refractivity contribution in [2.24, 2.45) is 0 Å². The van der Waals surface area contributed by atoms with Crippen LogP contribution in [0.5, 0.6) is 0 Å². The van der Waals surface area contributed by atoms with Gasteiger partial charge in [0.2, 0.25) is 0 Å². The summed E-state index contributed by atoms with van der Waals surface area (Å²) in [6.45, 7) is -0.672. The van der Waals surface area contributed by atoms with Gasteiger partial charge >= 0.3 is 12.0 Å². The third-order valence-electron chi connectivity index (χ3n) is 1.54. The summed E-state index contributed by atoms with van der Waals surface area (Å²) in [7, 11) is 0. The Morgan fingerprint density at radius 1 is 1.60 bits per heavy atom. The molecular weight excluding hydrogens is 204 g/mol. The highest BCUT2D eigenvalue weighted by Crippen LogP contribution is 2.00. The Labute approximate surface area is 84.3 Å². The molecule has 1 rings (SSSR count). The Kier molecular flexibility index (Phi) is 3.63. The van der Waals surface area contributed by atoms with Gasteiger partial charge in [0, 0.05) is 6.20 Å². The molecular formula is C7H10N4O4. The first-order chi connectivity index (χ1) is 7.13. The molecule has 0 fully saturated rings. The van der Waals surface area contributed by atoms with Crippen molar-refractivity contribution in [2.75, 3.05) is 11.9 Å². The minimum atomic E-state index is -1.32. The van der Waals surface area contributed by atoms with Crippen LogP contribution >= 0.6 is 0 Å². The van der Waals surface area contributed by atoms with Crippen molar-refractivity contribution in [1.82, 2.24) is 15.5 Å². The van der Waals surface area contributed by atoms with Crippen molar-refractivity contribution in [3.05, 3.63) is 12.4 Å². The van der Waals surface area contributed by atoms with Gasteiger partial charge in [-0.1, -0.05) is 0 Å². The number of rotatable bonds is 4. The number of carbonyl (C=O) groups excluding carboxylic acids is 1. The fraction of sp³-hybridized carbons (Fsp3) is 0.286. The molecule has 1 unspecified atom stereocenters. The number of aliphatic carboxylic acids is 1. The Morgan fingerprint density at radius 3 is 2.80 bits per heavy atom. The number of urea groups is 1. The van der Waals surface area contributed by atoms with E-state index < -0.39 is 24.6 Å². The molecule has 0 aliphatic rings. The van der Waals surface area contributed by atoms with Crippen LogP contribution in [0.15, 0.2) is 12.4 Å². The Hall–Kier alpha value is -2.09. The number of anilines is 1. The van der Waals surface area contributed by atoms with Crippen LogP contribution < -0.4 is 10.6 Å². The van der Waals surface area contributed by atoms with Crippen LogP contribution in [-0.4, -0.2) is 45.1 Å². The molecule has 8 nitrogen and oxygen atoms in total. The van der Waals surface area contributed by atoms with Crippen molar-refractivity contribution >= 4 is 17.7 Å². The van der Waals surface area contributed by atoms with Gasteiger partial charge in [-0.15, -0.1) is 0 Å². The lowest BCUT2D eigenvalue weighted by atomic mass is 10.3. The highest BCUT2D eigenvalue weighted by Gasteiger charge is 2.18. The van der Waals surface area contributed by atoms with Gasteiger partial charge in [-0.05, 0) is 0 Å². The number of aliphatic hydroxyl groups is 1. The quantitative estimate of drug-likeness (QED) is 0.438. The highest BCUT2D eigenvalue weighted by atomic mass is 16.4. The third-order valence-corrected chi connectivity index (χ3v) is 1.54. The first kappa shape index (κ1) is 11.0. The van der Waals surface area contributed by atoms with Gasteiger partial charge in [0.05, 0.1) is 18.5 Å². The van der Waals surface area contributed by atoms with Gasteiger partial charge in [0.15, 0.2) is 6.04 Å². The van der Waals surface area contributed by atoms with Crippen LogP contribution in [0, 0.1) is 0 Å². The smallest absolute Gasteiger partial charge is 0.328 e. The zero-order valence-corrected chi connectivity index (χ0v) is 7.60. The second-order valence-corrected chi connectivity index (χ2v) is 2.66. The normalized spacial score (nSPS) is 11.8. The summed E-state index contributed by atoms with van der Waals surface area (Å²) in [4.78, 5) is 21.6. The fourth-order valence-corrected chi connectivity index (χ4v) is 0.830. The Balaban J connectivity index is 2.45. The first-order valence-electron chi connectivity index (χ1n) is 4.03. The SMILES string of the molecule is O=C(Nc1cn[nH]c1)NC(CO)C(=O)O. The van der Waals surface area contributed by atoms with E-state index in [4.69, 9.17) is 10.2 Å². The Bertz CT molecular complexity index is 337. The summed E-state index contributed by atoms with van der Waals surface area (Å²) in [5.74, 6) is -1.31. The fourth-order valence-electron chi connectivity index (χ4n) is 0.830. The third kappa shape index (κ3) is 3.27. The molecule has 5 N–H and O–H groups in total. The number of nitrogens with one attached hydrogen (secondary N) is 3. The van der Waals surface area contributed by atoms with Gasteiger partial charge in [0.1, 0.15) is 0 Å². The lowest BCUT2D eigenvalue weighted by Gasteiger charge is -2.11. The van der Waals surface area contributed by atoms with Gasteiger partial charge < -0.3 is 20.8 Å². The predicted octanol–water partition coefficient (Wildman–Crippen LogP) is -1.02. The number of aromatic amines is 1. The maximum Gasteiger partial charge on any atom is 0.328 e. The van der Waals surface area contributed by atoms with Crippen molar-refractivity contribution < 1.29 is 19.8 Å². The average molecular weight is 214 g/mol. The zero-order valence-electron chi connectivity index (χ0n) is 7.60. The second-order valence-electron chi connectivity index (χ2n) is 2.66. The molecule has 0 aromatic carbocycles. The molecule has 0 bridgehead atoms. The minimum absolute atomic E-state index is 0.398. The topological polar surface area (TPSA) is 127 Å². The van der Waals surface area contributed by atoms with Crippen LogP contribution in [-0.2, 0) is 4.79 Å². The molecule has 0 aliphatic carbocycles. The maximum absolute atomic E-state index is 11.1. The van der Waals surface area contributed by atoms with Gasteiger partial charge in [-0.2, -0.15) is 5.10 Å². The van der Waals surface area contributed by atoms with Crippen LogP contribution in [0.3, 0.4) is 0 Å². The summed E-state index contributed by atoms with van der Waals surface area (Å²) in [6, 6.07) is -2.05. The van der Waals surface area contributed by atoms with E-state index >= 15 is 0 Å². The molecule has 0 saturated carbocycles. The molecule has 0 spiro atoms. The van der Waals surface area contributed by atoms with Crippen LogP contribution in [0.1, 0.15) is 0 Å². The summed E-state index contributed by atoms with van der Waals surface area (Å²) in [6.07, 6.45) is 2.78. The molecule has 0 aliphatic heterocycles. The molecule has 1 aromatic rings. The molecule has 15 heavy (non-hydrogen) atoms. The van der Waals surface area contributed by atoms with Crippen LogP contribution in [0.25, 0.3) is 0 Å². The number of carbonyl (C=O) groups is 2. The largest absolute Gasteiger partial charge is 0.480 e. The van der Waals surface area contributed by atoms with E-state index in [-0.39, 0.29) is 0 Å². The van der Waals surface area contributed by atoms with E-state index in [1.165, 1.54) is 12.4 Å². The highest BCUT2D eigenvalue weighted by molar-refractivity contribution is 5.91. The number of aliphatic hydroxyl groups excluding tert-OH is 1. The van der Waals surface area contributed by atoms with E-state index in [0.717, 1.165) is 0 Å². The van der Waals surface area contributed by atoms with Crippen molar-refractivity contribution in [2.45, 2.75) is 6.04 Å². The summed E-state index contributed by atoms with van der Waals surface area (Å²) in [5.41, 5.74) is 0.398. The number of amides is 2. The van der Waals surface area contributed by atoms with E-state index in [1.54, 1.807) is 0 Å². The molecule has 0 saturated heterocycles. The number of H-pyrrole nitrogens is 1. The van der Waals surface area contributed by atoms with Crippen molar-refractivity contribution in [3.8, 4) is 0 Å². The monoisotopic (exact) mass is 214 g/mol. The standard InChI is InChI=1S/C7H10N4O4/c12-3-5(6(13)14)11-7(15)10-4-1-8-9-2-4/h1-2,5,12H,3H2,(H,8,9)(H,13,14)(H2,10,11,15). The first-order valence-corrected chi connectivity index (χ1v) is 4.03.